The van der Waals surface area contributed by atoms with E-state index in [4.69, 9.17) is 0 Å². The van der Waals surface area contributed by atoms with Crippen molar-refractivity contribution in [2.45, 2.75) is 31.7 Å². The van der Waals surface area contributed by atoms with Gasteiger partial charge in [0.2, 0.25) is 5.91 Å². The summed E-state index contributed by atoms with van der Waals surface area (Å²) in [6.07, 6.45) is 7.82. The number of nitrogens with one attached hydrogen (secondary N) is 1. The predicted molar refractivity (Wildman–Crippen MR) is 79.1 cm³/mol. The molecule has 110 valence electrons. The number of nitrogens with zero attached hydrogens (tertiary/aromatic N) is 4. The van der Waals surface area contributed by atoms with Crippen LogP contribution in [0.4, 0.5) is 5.82 Å². The Balaban J connectivity index is 1.38. The van der Waals surface area contributed by atoms with Gasteiger partial charge in [-0.15, -0.1) is 0 Å². The highest BCUT2D eigenvalue weighted by molar-refractivity contribution is 5.81. The first-order chi connectivity index (χ1) is 10.3. The number of carbonyl (C=O) groups is 1. The average Bonchev–Trinajstić information content (AvgIpc) is 3.26. The van der Waals surface area contributed by atoms with Crippen LogP contribution in [0.15, 0.2) is 24.5 Å². The van der Waals surface area contributed by atoms with Crippen molar-refractivity contribution < 1.29 is 4.79 Å². The van der Waals surface area contributed by atoms with E-state index in [1.165, 1.54) is 0 Å². The molecule has 0 spiro atoms. The van der Waals surface area contributed by atoms with Gasteiger partial charge in [0.15, 0.2) is 5.65 Å². The van der Waals surface area contributed by atoms with Gasteiger partial charge in [-0.25, -0.2) is 9.50 Å². The SMILES string of the molecule is O=C(NC1CCN(c2ccn3nccc3n2)CC1)C1CC1. The number of amides is 1. The highest BCUT2D eigenvalue weighted by Crippen LogP contribution is 2.29. The number of carbonyl (C=O) groups excluding carboxylic acids is 1. The number of piperidine rings is 1. The van der Waals surface area contributed by atoms with Crippen LogP contribution < -0.4 is 10.2 Å². The van der Waals surface area contributed by atoms with Crippen LogP contribution in [0.25, 0.3) is 5.65 Å². The molecular weight excluding hydrogens is 266 g/mol. The molecule has 0 unspecified atom stereocenters. The molecule has 1 amide bonds. The lowest BCUT2D eigenvalue weighted by atomic mass is 10.0. The van der Waals surface area contributed by atoms with Crippen LogP contribution in [0.2, 0.25) is 0 Å². The third-order valence-corrected chi connectivity index (χ3v) is 4.36. The van der Waals surface area contributed by atoms with Crippen LogP contribution in [-0.2, 0) is 4.79 Å². The maximum absolute atomic E-state index is 11.8. The lowest BCUT2D eigenvalue weighted by molar-refractivity contribution is -0.123. The van der Waals surface area contributed by atoms with Crippen LogP contribution in [0.1, 0.15) is 25.7 Å². The Morgan fingerprint density at radius 3 is 2.76 bits per heavy atom. The maximum Gasteiger partial charge on any atom is 0.223 e. The van der Waals surface area contributed by atoms with Gasteiger partial charge in [-0.2, -0.15) is 5.10 Å². The summed E-state index contributed by atoms with van der Waals surface area (Å²) in [6, 6.07) is 4.24. The van der Waals surface area contributed by atoms with Crippen LogP contribution in [0.5, 0.6) is 0 Å². The van der Waals surface area contributed by atoms with E-state index in [-0.39, 0.29) is 5.91 Å². The van der Waals surface area contributed by atoms with Gasteiger partial charge in [0.25, 0.3) is 0 Å². The molecule has 6 heteroatoms. The molecule has 2 aliphatic rings. The molecule has 2 aromatic rings. The number of aromatic nitrogens is 3. The second kappa shape index (κ2) is 5.02. The first kappa shape index (κ1) is 12.6. The fraction of sp³-hybridized carbons (Fsp3) is 0.533. The fourth-order valence-corrected chi connectivity index (χ4v) is 2.90. The van der Waals surface area contributed by atoms with Gasteiger partial charge in [-0.1, -0.05) is 0 Å². The lowest BCUT2D eigenvalue weighted by Gasteiger charge is -2.33. The zero-order chi connectivity index (χ0) is 14.2. The monoisotopic (exact) mass is 285 g/mol. The highest BCUT2D eigenvalue weighted by Gasteiger charge is 2.31. The van der Waals surface area contributed by atoms with Crippen molar-refractivity contribution in [1.29, 1.82) is 0 Å². The van der Waals surface area contributed by atoms with Gasteiger partial charge in [0.05, 0.1) is 6.20 Å². The number of hydrogen-bond acceptors (Lipinski definition) is 4. The summed E-state index contributed by atoms with van der Waals surface area (Å²) in [6.45, 7) is 1.87. The van der Waals surface area contributed by atoms with Crippen LogP contribution in [0.3, 0.4) is 0 Å². The Hall–Kier alpha value is -2.11. The first-order valence-corrected chi connectivity index (χ1v) is 7.65. The number of fused-ring (bicyclic) bond motifs is 1. The minimum Gasteiger partial charge on any atom is -0.356 e. The normalized spacial score (nSPS) is 19.9. The summed E-state index contributed by atoms with van der Waals surface area (Å²) < 4.78 is 1.77. The van der Waals surface area contributed by atoms with Gasteiger partial charge in [-0.3, -0.25) is 4.79 Å². The van der Waals surface area contributed by atoms with E-state index >= 15 is 0 Å². The Bertz CT molecular complexity index is 655. The highest BCUT2D eigenvalue weighted by atomic mass is 16.2. The molecular formula is C15H19N5O. The van der Waals surface area contributed by atoms with Crippen molar-refractivity contribution in [3.05, 3.63) is 24.5 Å². The van der Waals surface area contributed by atoms with Crippen molar-refractivity contribution in [3.63, 3.8) is 0 Å². The average molecular weight is 285 g/mol. The molecule has 0 radical (unpaired) electrons. The number of anilines is 1. The van der Waals surface area contributed by atoms with Crippen molar-refractivity contribution in [2.75, 3.05) is 18.0 Å². The van der Waals surface area contributed by atoms with Crippen molar-refractivity contribution in [1.82, 2.24) is 19.9 Å². The van der Waals surface area contributed by atoms with E-state index in [0.717, 1.165) is 50.2 Å². The predicted octanol–water partition coefficient (Wildman–Crippen LogP) is 1.22. The minimum absolute atomic E-state index is 0.257. The molecule has 2 fully saturated rings. The molecule has 1 aliphatic carbocycles. The molecule has 21 heavy (non-hydrogen) atoms. The van der Waals surface area contributed by atoms with Gasteiger partial charge < -0.3 is 10.2 Å². The molecule has 2 aromatic heterocycles. The molecule has 0 atom stereocenters. The summed E-state index contributed by atoms with van der Waals surface area (Å²) >= 11 is 0. The van der Waals surface area contributed by atoms with E-state index in [1.54, 1.807) is 10.7 Å². The zero-order valence-electron chi connectivity index (χ0n) is 11.9. The third kappa shape index (κ3) is 2.57. The molecule has 0 bridgehead atoms. The first-order valence-electron chi connectivity index (χ1n) is 7.65. The standard InChI is InChI=1S/C15H19N5O/c21-15(11-1-2-11)17-12-4-8-19(9-5-12)13-6-10-20-14(18-13)3-7-16-20/h3,6-7,10-12H,1-2,4-5,8-9H2,(H,17,21). The van der Waals surface area contributed by atoms with Crippen molar-refractivity contribution >= 4 is 17.4 Å². The molecule has 1 aliphatic heterocycles. The lowest BCUT2D eigenvalue weighted by Crippen LogP contribution is -2.45. The maximum atomic E-state index is 11.8. The third-order valence-electron chi connectivity index (χ3n) is 4.36. The fourth-order valence-electron chi connectivity index (χ4n) is 2.90. The number of hydrogen-bond donors (Lipinski definition) is 1. The summed E-state index contributed by atoms with van der Waals surface area (Å²) in [5.74, 6) is 1.55. The molecule has 6 nitrogen and oxygen atoms in total. The second-order valence-corrected chi connectivity index (χ2v) is 5.96. The van der Waals surface area contributed by atoms with E-state index < -0.39 is 0 Å². The van der Waals surface area contributed by atoms with Crippen LogP contribution in [-0.4, -0.2) is 39.6 Å². The molecule has 4 rings (SSSR count). The molecule has 1 saturated heterocycles. The molecule has 3 heterocycles. The smallest absolute Gasteiger partial charge is 0.223 e. The Morgan fingerprint density at radius 2 is 2.00 bits per heavy atom. The van der Waals surface area contributed by atoms with Gasteiger partial charge in [-0.05, 0) is 31.7 Å². The van der Waals surface area contributed by atoms with Crippen LogP contribution >= 0.6 is 0 Å². The zero-order valence-corrected chi connectivity index (χ0v) is 11.9. The van der Waals surface area contributed by atoms with E-state index in [9.17, 15) is 4.79 Å². The summed E-state index contributed by atoms with van der Waals surface area (Å²) in [4.78, 5) is 18.7. The minimum atomic E-state index is 0.257. The second-order valence-electron chi connectivity index (χ2n) is 5.96. The quantitative estimate of drug-likeness (QED) is 0.921. The molecule has 0 aromatic carbocycles. The van der Waals surface area contributed by atoms with E-state index in [2.05, 4.69) is 20.3 Å². The summed E-state index contributed by atoms with van der Waals surface area (Å²) in [7, 11) is 0. The van der Waals surface area contributed by atoms with Crippen molar-refractivity contribution in [2.24, 2.45) is 5.92 Å². The van der Waals surface area contributed by atoms with Crippen molar-refractivity contribution in [3.8, 4) is 0 Å². The Labute approximate surface area is 123 Å². The summed E-state index contributed by atoms with van der Waals surface area (Å²) in [5, 5.41) is 7.34. The largest absolute Gasteiger partial charge is 0.356 e. The van der Waals surface area contributed by atoms with E-state index in [1.807, 2.05) is 18.3 Å². The number of rotatable bonds is 3. The van der Waals surface area contributed by atoms with Gasteiger partial charge in [0.1, 0.15) is 5.82 Å². The van der Waals surface area contributed by atoms with Gasteiger partial charge >= 0.3 is 0 Å². The molecule has 1 N–H and O–H groups in total. The van der Waals surface area contributed by atoms with Gasteiger partial charge in [0, 0.05) is 37.3 Å². The topological polar surface area (TPSA) is 62.5 Å². The Morgan fingerprint density at radius 1 is 1.19 bits per heavy atom. The molecule has 1 saturated carbocycles. The van der Waals surface area contributed by atoms with E-state index in [0.29, 0.717) is 12.0 Å². The summed E-state index contributed by atoms with van der Waals surface area (Å²) in [5.41, 5.74) is 0.872. The van der Waals surface area contributed by atoms with Crippen LogP contribution in [0, 0.1) is 5.92 Å². The Kier molecular flexibility index (Phi) is 3.02.